The molecule has 4 heteroatoms. The molecule has 2 aliphatic rings. The van der Waals surface area contributed by atoms with Crippen molar-refractivity contribution in [3.63, 3.8) is 0 Å². The molecule has 24 heavy (non-hydrogen) atoms. The first-order valence-corrected chi connectivity index (χ1v) is 8.46. The molecular weight excluding hydrogens is 298 g/mol. The lowest BCUT2D eigenvalue weighted by molar-refractivity contribution is -0.129. The molecule has 126 valence electrons. The lowest BCUT2D eigenvalue weighted by atomic mass is 9.57. The van der Waals surface area contributed by atoms with E-state index in [-0.39, 0.29) is 11.3 Å². The number of nitrogens with zero attached hydrogens (tertiary/aromatic N) is 1. The average Bonchev–Trinajstić information content (AvgIpc) is 3.17. The number of rotatable bonds is 5. The SMILES string of the molecule is CCC(C)(CC)C1(C(=O)N(N)c2ccc(N)cc2)C2=CC=C1C=C2. The third kappa shape index (κ3) is 1.99. The molecule has 0 unspecified atom stereocenters. The van der Waals surface area contributed by atoms with E-state index in [1.165, 1.54) is 5.01 Å². The molecule has 2 bridgehead atoms. The minimum Gasteiger partial charge on any atom is -0.399 e. The van der Waals surface area contributed by atoms with E-state index in [4.69, 9.17) is 11.6 Å². The van der Waals surface area contributed by atoms with Crippen LogP contribution in [0.1, 0.15) is 33.6 Å². The first kappa shape index (κ1) is 16.5. The molecule has 0 radical (unpaired) electrons. The fourth-order valence-electron chi connectivity index (χ4n) is 4.05. The molecule has 3 rings (SSSR count). The summed E-state index contributed by atoms with van der Waals surface area (Å²) in [5.41, 5.74) is 8.22. The van der Waals surface area contributed by atoms with Crippen LogP contribution in [0.3, 0.4) is 0 Å². The number of hydrogen-bond donors (Lipinski definition) is 2. The van der Waals surface area contributed by atoms with Crippen LogP contribution in [-0.2, 0) is 4.79 Å². The van der Waals surface area contributed by atoms with Crippen LogP contribution in [0.4, 0.5) is 11.4 Å². The number of nitrogen functional groups attached to an aromatic ring is 1. The van der Waals surface area contributed by atoms with Crippen molar-refractivity contribution < 1.29 is 4.79 Å². The molecule has 0 aromatic heterocycles. The van der Waals surface area contributed by atoms with Gasteiger partial charge in [0.15, 0.2) is 0 Å². The molecule has 1 amide bonds. The normalized spacial score (nSPS) is 17.7. The van der Waals surface area contributed by atoms with Gasteiger partial charge in [-0.05, 0) is 53.7 Å². The number of fused-ring (bicyclic) bond motifs is 2. The smallest absolute Gasteiger partial charge is 0.256 e. The van der Waals surface area contributed by atoms with Gasteiger partial charge in [-0.1, -0.05) is 45.1 Å². The van der Waals surface area contributed by atoms with Crippen molar-refractivity contribution in [3.8, 4) is 0 Å². The lowest BCUT2D eigenvalue weighted by Gasteiger charge is -2.46. The van der Waals surface area contributed by atoms with E-state index < -0.39 is 5.41 Å². The summed E-state index contributed by atoms with van der Waals surface area (Å²) in [4.78, 5) is 13.6. The number of anilines is 2. The summed E-state index contributed by atoms with van der Waals surface area (Å²) >= 11 is 0. The van der Waals surface area contributed by atoms with Gasteiger partial charge in [0.25, 0.3) is 5.91 Å². The van der Waals surface area contributed by atoms with E-state index in [0.717, 1.165) is 24.0 Å². The minimum absolute atomic E-state index is 0.0847. The van der Waals surface area contributed by atoms with Gasteiger partial charge in [0.2, 0.25) is 0 Å². The molecule has 4 nitrogen and oxygen atoms in total. The van der Waals surface area contributed by atoms with E-state index in [1.807, 2.05) is 24.3 Å². The fraction of sp³-hybridized carbons (Fsp3) is 0.350. The molecule has 0 spiro atoms. The Morgan fingerprint density at radius 1 is 1.08 bits per heavy atom. The highest BCUT2D eigenvalue weighted by Crippen LogP contribution is 2.61. The number of carbonyl (C=O) groups excluding carboxylic acids is 1. The Hall–Kier alpha value is -2.33. The van der Waals surface area contributed by atoms with Gasteiger partial charge >= 0.3 is 0 Å². The second-order valence-electron chi connectivity index (χ2n) is 6.86. The third-order valence-corrected chi connectivity index (χ3v) is 5.93. The highest BCUT2D eigenvalue weighted by molar-refractivity contribution is 6.04. The number of hydrazine groups is 1. The molecule has 0 aliphatic heterocycles. The minimum atomic E-state index is -0.702. The summed E-state index contributed by atoms with van der Waals surface area (Å²) in [7, 11) is 0. The molecule has 0 heterocycles. The lowest BCUT2D eigenvalue weighted by Crippen LogP contribution is -2.55. The summed E-state index contributed by atoms with van der Waals surface area (Å²) < 4.78 is 0. The summed E-state index contributed by atoms with van der Waals surface area (Å²) in [6.45, 7) is 6.46. The highest BCUT2D eigenvalue weighted by Gasteiger charge is 2.59. The molecule has 0 fully saturated rings. The van der Waals surface area contributed by atoms with E-state index in [2.05, 4.69) is 20.8 Å². The largest absolute Gasteiger partial charge is 0.399 e. The molecule has 0 saturated carbocycles. The van der Waals surface area contributed by atoms with Gasteiger partial charge in [-0.2, -0.15) is 0 Å². The van der Waals surface area contributed by atoms with Crippen LogP contribution in [0, 0.1) is 10.8 Å². The standard InChI is InChI=1S/C20H25N3O/c1-4-19(3,5-2)20(14-6-7-15(20)9-8-14)18(24)23(22)17-12-10-16(21)11-13-17/h6-13H,4-5,21-22H2,1-3H3. The van der Waals surface area contributed by atoms with Crippen LogP contribution in [0.5, 0.6) is 0 Å². The molecule has 2 aliphatic carbocycles. The molecule has 0 saturated heterocycles. The quantitative estimate of drug-likeness (QED) is 0.375. The van der Waals surface area contributed by atoms with Crippen LogP contribution in [0.25, 0.3) is 0 Å². The average molecular weight is 323 g/mol. The monoisotopic (exact) mass is 323 g/mol. The number of amides is 1. The van der Waals surface area contributed by atoms with Crippen molar-refractivity contribution >= 4 is 17.3 Å². The summed E-state index contributed by atoms with van der Waals surface area (Å²) in [5, 5.41) is 1.28. The first-order valence-electron chi connectivity index (χ1n) is 8.46. The van der Waals surface area contributed by atoms with E-state index >= 15 is 0 Å². The number of carbonyl (C=O) groups is 1. The zero-order valence-electron chi connectivity index (χ0n) is 14.5. The Bertz CT molecular complexity index is 730. The summed E-state index contributed by atoms with van der Waals surface area (Å²) in [6.07, 6.45) is 9.98. The maximum atomic E-state index is 13.6. The van der Waals surface area contributed by atoms with Crippen molar-refractivity contribution in [2.45, 2.75) is 33.6 Å². The van der Waals surface area contributed by atoms with Crippen molar-refractivity contribution in [3.05, 3.63) is 59.7 Å². The van der Waals surface area contributed by atoms with Gasteiger partial charge in [-0.3, -0.25) is 4.79 Å². The fourth-order valence-corrected chi connectivity index (χ4v) is 4.05. The van der Waals surface area contributed by atoms with Crippen molar-refractivity contribution in [2.75, 3.05) is 10.7 Å². The number of allylic oxidation sites excluding steroid dienone is 4. The van der Waals surface area contributed by atoms with E-state index in [9.17, 15) is 4.79 Å². The number of hydrogen-bond acceptors (Lipinski definition) is 3. The van der Waals surface area contributed by atoms with Crippen LogP contribution < -0.4 is 16.6 Å². The molecule has 0 atom stereocenters. The van der Waals surface area contributed by atoms with Gasteiger partial charge in [0, 0.05) is 5.69 Å². The van der Waals surface area contributed by atoms with Gasteiger partial charge in [-0.15, -0.1) is 0 Å². The second-order valence-corrected chi connectivity index (χ2v) is 6.86. The molecule has 4 N–H and O–H groups in total. The van der Waals surface area contributed by atoms with E-state index in [0.29, 0.717) is 11.4 Å². The predicted molar refractivity (Wildman–Crippen MR) is 99.0 cm³/mol. The van der Waals surface area contributed by atoms with Crippen LogP contribution in [0.15, 0.2) is 59.7 Å². The molecular formula is C20H25N3O. The van der Waals surface area contributed by atoms with E-state index in [1.54, 1.807) is 24.3 Å². The maximum Gasteiger partial charge on any atom is 0.256 e. The van der Waals surface area contributed by atoms with Crippen LogP contribution >= 0.6 is 0 Å². The van der Waals surface area contributed by atoms with Crippen LogP contribution in [-0.4, -0.2) is 5.91 Å². The summed E-state index contributed by atoms with van der Waals surface area (Å²) in [5.74, 6) is 6.19. The Morgan fingerprint density at radius 3 is 2.00 bits per heavy atom. The first-order chi connectivity index (χ1) is 11.4. The third-order valence-electron chi connectivity index (χ3n) is 5.93. The summed E-state index contributed by atoms with van der Waals surface area (Å²) in [6, 6.07) is 7.08. The number of benzene rings is 1. The zero-order valence-corrected chi connectivity index (χ0v) is 14.5. The molecule has 1 aromatic rings. The van der Waals surface area contributed by atoms with Crippen molar-refractivity contribution in [1.82, 2.24) is 0 Å². The number of nitrogens with two attached hydrogens (primary N) is 2. The zero-order chi connectivity index (χ0) is 17.5. The van der Waals surface area contributed by atoms with Gasteiger partial charge in [0.05, 0.1) is 5.69 Å². The molecule has 1 aromatic carbocycles. The van der Waals surface area contributed by atoms with Crippen molar-refractivity contribution in [1.29, 1.82) is 0 Å². The van der Waals surface area contributed by atoms with Crippen molar-refractivity contribution in [2.24, 2.45) is 16.7 Å². The maximum absolute atomic E-state index is 13.6. The van der Waals surface area contributed by atoms with Gasteiger partial charge in [-0.25, -0.2) is 10.9 Å². The topological polar surface area (TPSA) is 72.3 Å². The Kier molecular flexibility index (Phi) is 3.88. The second kappa shape index (κ2) is 5.64. The predicted octanol–water partition coefficient (Wildman–Crippen LogP) is 3.72. The van der Waals surface area contributed by atoms with Gasteiger partial charge in [0.1, 0.15) is 5.41 Å². The Balaban J connectivity index is 2.08. The highest BCUT2D eigenvalue weighted by atomic mass is 16.2. The Morgan fingerprint density at radius 2 is 1.58 bits per heavy atom. The van der Waals surface area contributed by atoms with Gasteiger partial charge < -0.3 is 5.73 Å². The van der Waals surface area contributed by atoms with Crippen LogP contribution in [0.2, 0.25) is 0 Å². The Labute approximate surface area is 143 Å².